The number of aryl methyl sites for hydroxylation is 2. The Morgan fingerprint density at radius 1 is 1.05 bits per heavy atom. The molecule has 108 valence electrons. The number of aromatic nitrogens is 1. The molecule has 0 atom stereocenters. The first-order chi connectivity index (χ1) is 9.97. The molecule has 0 bridgehead atoms. The second-order valence-corrected chi connectivity index (χ2v) is 4.58. The third-order valence-corrected chi connectivity index (χ3v) is 2.96. The Morgan fingerprint density at radius 2 is 1.71 bits per heavy atom. The highest BCUT2D eigenvalue weighted by Crippen LogP contribution is 2.19. The van der Waals surface area contributed by atoms with Crippen LogP contribution in [0, 0.1) is 13.8 Å². The van der Waals surface area contributed by atoms with Crippen LogP contribution < -0.4 is 10.6 Å². The molecule has 3 N–H and O–H groups in total. The normalized spacial score (nSPS) is 10.0. The van der Waals surface area contributed by atoms with E-state index in [2.05, 4.69) is 15.6 Å². The number of anilines is 2. The fraction of sp³-hybridized carbons (Fsp3) is 0.133. The van der Waals surface area contributed by atoms with E-state index >= 15 is 0 Å². The molecule has 0 spiro atoms. The zero-order valence-corrected chi connectivity index (χ0v) is 11.7. The number of carboxylic acids is 1. The van der Waals surface area contributed by atoms with Crippen molar-refractivity contribution in [2.75, 3.05) is 10.6 Å². The van der Waals surface area contributed by atoms with Gasteiger partial charge in [0.1, 0.15) is 5.69 Å². The number of hydrogen-bond acceptors (Lipinski definition) is 3. The third kappa shape index (κ3) is 3.56. The number of pyridine rings is 1. The average Bonchev–Trinajstić information content (AvgIpc) is 2.43. The van der Waals surface area contributed by atoms with Crippen molar-refractivity contribution in [1.29, 1.82) is 0 Å². The Bertz CT molecular complexity index is 661. The van der Waals surface area contributed by atoms with Gasteiger partial charge in [-0.3, -0.25) is 0 Å². The van der Waals surface area contributed by atoms with Crippen LogP contribution in [0.4, 0.5) is 16.2 Å². The van der Waals surface area contributed by atoms with E-state index in [4.69, 9.17) is 5.11 Å². The molecular formula is C15H15N3O3. The van der Waals surface area contributed by atoms with Gasteiger partial charge >= 0.3 is 12.0 Å². The zero-order chi connectivity index (χ0) is 15.4. The van der Waals surface area contributed by atoms with E-state index in [0.29, 0.717) is 5.69 Å². The van der Waals surface area contributed by atoms with E-state index in [-0.39, 0.29) is 5.69 Å². The Hall–Kier alpha value is -2.89. The monoisotopic (exact) mass is 285 g/mol. The van der Waals surface area contributed by atoms with Gasteiger partial charge in [-0.2, -0.15) is 0 Å². The maximum atomic E-state index is 11.9. The van der Waals surface area contributed by atoms with Crippen molar-refractivity contribution in [2.24, 2.45) is 0 Å². The summed E-state index contributed by atoms with van der Waals surface area (Å²) in [5, 5.41) is 14.1. The van der Waals surface area contributed by atoms with Crippen LogP contribution in [-0.4, -0.2) is 22.1 Å². The summed E-state index contributed by atoms with van der Waals surface area (Å²) in [5.41, 5.74) is 3.03. The van der Waals surface area contributed by atoms with E-state index in [9.17, 15) is 9.59 Å². The quantitative estimate of drug-likeness (QED) is 0.808. The molecule has 0 aliphatic rings. The number of nitrogens with one attached hydrogen (secondary N) is 2. The molecule has 1 heterocycles. The summed E-state index contributed by atoms with van der Waals surface area (Å²) < 4.78 is 0. The standard InChI is InChI=1S/C15H15N3O3/c1-9-4-3-5-10(2)13(9)18-15(21)17-11-6-7-12(14(19)20)16-8-11/h3-8H,1-2H3,(H,19,20)(H2,17,18,21). The molecule has 0 aliphatic carbocycles. The number of benzene rings is 1. The lowest BCUT2D eigenvalue weighted by atomic mass is 10.1. The molecule has 6 heteroatoms. The van der Waals surface area contributed by atoms with E-state index in [1.807, 2.05) is 32.0 Å². The first-order valence-corrected chi connectivity index (χ1v) is 6.31. The van der Waals surface area contributed by atoms with Crippen molar-refractivity contribution >= 4 is 23.4 Å². The smallest absolute Gasteiger partial charge is 0.354 e. The SMILES string of the molecule is Cc1cccc(C)c1NC(=O)Nc1ccc(C(=O)O)nc1. The van der Waals surface area contributed by atoms with Gasteiger partial charge in [-0.05, 0) is 37.1 Å². The number of urea groups is 1. The molecule has 1 aromatic carbocycles. The molecule has 2 rings (SSSR count). The Labute approximate surface area is 121 Å². The molecule has 0 fully saturated rings. The molecule has 2 amide bonds. The highest BCUT2D eigenvalue weighted by atomic mass is 16.4. The van der Waals surface area contributed by atoms with Gasteiger partial charge < -0.3 is 15.7 Å². The summed E-state index contributed by atoms with van der Waals surface area (Å²) in [6, 6.07) is 8.15. The number of carbonyl (C=O) groups excluding carboxylic acids is 1. The summed E-state index contributed by atoms with van der Waals surface area (Å²) in [6.07, 6.45) is 1.30. The summed E-state index contributed by atoms with van der Waals surface area (Å²) in [4.78, 5) is 26.4. The minimum atomic E-state index is -1.11. The van der Waals surface area contributed by atoms with Gasteiger partial charge in [0.15, 0.2) is 0 Å². The lowest BCUT2D eigenvalue weighted by molar-refractivity contribution is 0.0690. The van der Waals surface area contributed by atoms with Crippen LogP contribution in [0.1, 0.15) is 21.6 Å². The van der Waals surface area contributed by atoms with Crippen molar-refractivity contribution in [3.8, 4) is 0 Å². The second-order valence-electron chi connectivity index (χ2n) is 4.58. The third-order valence-electron chi connectivity index (χ3n) is 2.96. The van der Waals surface area contributed by atoms with Gasteiger partial charge in [0, 0.05) is 5.69 Å². The predicted octanol–water partition coefficient (Wildman–Crippen LogP) is 3.04. The van der Waals surface area contributed by atoms with Gasteiger partial charge in [-0.15, -0.1) is 0 Å². The van der Waals surface area contributed by atoms with Crippen molar-refractivity contribution in [2.45, 2.75) is 13.8 Å². The molecule has 0 saturated carbocycles. The van der Waals surface area contributed by atoms with E-state index < -0.39 is 12.0 Å². The van der Waals surface area contributed by atoms with Crippen molar-refractivity contribution in [3.05, 3.63) is 53.3 Å². The van der Waals surface area contributed by atoms with Gasteiger partial charge in [0.05, 0.1) is 11.9 Å². The Balaban J connectivity index is 2.06. The lowest BCUT2D eigenvalue weighted by Crippen LogP contribution is -2.20. The fourth-order valence-corrected chi connectivity index (χ4v) is 1.88. The largest absolute Gasteiger partial charge is 0.477 e. The minimum Gasteiger partial charge on any atom is -0.477 e. The molecule has 2 aromatic rings. The summed E-state index contributed by atoms with van der Waals surface area (Å²) in [6.45, 7) is 3.82. The molecular weight excluding hydrogens is 270 g/mol. The summed E-state index contributed by atoms with van der Waals surface area (Å²) in [5.74, 6) is -1.11. The number of para-hydroxylation sites is 1. The first-order valence-electron chi connectivity index (χ1n) is 6.31. The molecule has 0 unspecified atom stereocenters. The molecule has 6 nitrogen and oxygen atoms in total. The van der Waals surface area contributed by atoms with Gasteiger partial charge in [0.25, 0.3) is 0 Å². The Morgan fingerprint density at radius 3 is 2.24 bits per heavy atom. The molecule has 1 aromatic heterocycles. The van der Waals surface area contributed by atoms with E-state index in [1.54, 1.807) is 0 Å². The lowest BCUT2D eigenvalue weighted by Gasteiger charge is -2.12. The minimum absolute atomic E-state index is 0.0734. The molecule has 0 saturated heterocycles. The van der Waals surface area contributed by atoms with Crippen molar-refractivity contribution < 1.29 is 14.7 Å². The second kappa shape index (κ2) is 6.04. The van der Waals surface area contributed by atoms with Gasteiger partial charge in [0.2, 0.25) is 0 Å². The maximum absolute atomic E-state index is 11.9. The van der Waals surface area contributed by atoms with Crippen LogP contribution in [0.3, 0.4) is 0 Å². The van der Waals surface area contributed by atoms with Crippen LogP contribution in [0.5, 0.6) is 0 Å². The number of hydrogen-bond donors (Lipinski definition) is 3. The topological polar surface area (TPSA) is 91.3 Å². The van der Waals surface area contributed by atoms with Crippen molar-refractivity contribution in [1.82, 2.24) is 4.98 Å². The Kier molecular flexibility index (Phi) is 4.18. The number of carbonyl (C=O) groups is 2. The van der Waals surface area contributed by atoms with Crippen LogP contribution >= 0.6 is 0 Å². The number of nitrogens with zero attached hydrogens (tertiary/aromatic N) is 1. The summed E-state index contributed by atoms with van der Waals surface area (Å²) >= 11 is 0. The maximum Gasteiger partial charge on any atom is 0.354 e. The van der Waals surface area contributed by atoms with E-state index in [0.717, 1.165) is 16.8 Å². The highest BCUT2D eigenvalue weighted by Gasteiger charge is 2.08. The fourth-order valence-electron chi connectivity index (χ4n) is 1.88. The number of amides is 2. The van der Waals surface area contributed by atoms with Crippen LogP contribution in [0.25, 0.3) is 0 Å². The van der Waals surface area contributed by atoms with Crippen molar-refractivity contribution in [3.63, 3.8) is 0 Å². The zero-order valence-electron chi connectivity index (χ0n) is 11.7. The number of rotatable bonds is 3. The first kappa shape index (κ1) is 14.5. The average molecular weight is 285 g/mol. The molecule has 0 radical (unpaired) electrons. The van der Waals surface area contributed by atoms with E-state index in [1.165, 1.54) is 18.3 Å². The molecule has 0 aliphatic heterocycles. The summed E-state index contributed by atoms with van der Waals surface area (Å²) in [7, 11) is 0. The highest BCUT2D eigenvalue weighted by molar-refractivity contribution is 6.00. The van der Waals surface area contributed by atoms with Crippen LogP contribution in [-0.2, 0) is 0 Å². The number of aromatic carboxylic acids is 1. The van der Waals surface area contributed by atoms with Crippen LogP contribution in [0.2, 0.25) is 0 Å². The number of carboxylic acid groups (broad SMARTS) is 1. The van der Waals surface area contributed by atoms with Gasteiger partial charge in [-0.25, -0.2) is 14.6 Å². The van der Waals surface area contributed by atoms with Crippen LogP contribution in [0.15, 0.2) is 36.5 Å². The molecule has 21 heavy (non-hydrogen) atoms. The van der Waals surface area contributed by atoms with Gasteiger partial charge in [-0.1, -0.05) is 18.2 Å². The predicted molar refractivity (Wildman–Crippen MR) is 79.8 cm³/mol.